The molecular formula is C20H24ClNO4. The number of nitrogens with one attached hydrogen (secondary N) is 1. The zero-order valence-corrected chi connectivity index (χ0v) is 16.2. The van der Waals surface area contributed by atoms with Gasteiger partial charge in [0, 0.05) is 5.02 Å². The van der Waals surface area contributed by atoms with Crippen molar-refractivity contribution in [2.24, 2.45) is 0 Å². The van der Waals surface area contributed by atoms with Gasteiger partial charge in [0.25, 0.3) is 5.91 Å². The van der Waals surface area contributed by atoms with E-state index in [-0.39, 0.29) is 11.9 Å². The average Bonchev–Trinajstić information content (AvgIpc) is 2.63. The molecule has 0 unspecified atom stereocenters. The molecule has 2 aromatic carbocycles. The molecule has 0 saturated heterocycles. The van der Waals surface area contributed by atoms with Crippen molar-refractivity contribution < 1.29 is 19.0 Å². The maximum Gasteiger partial charge on any atom is 0.255 e. The first-order chi connectivity index (χ1) is 12.5. The Hall–Kier alpha value is -2.40. The zero-order valence-electron chi connectivity index (χ0n) is 15.5. The van der Waals surface area contributed by atoms with Crippen molar-refractivity contribution in [1.82, 2.24) is 5.32 Å². The molecule has 0 aliphatic carbocycles. The summed E-state index contributed by atoms with van der Waals surface area (Å²) in [6.07, 6.45) is 0. The Balaban J connectivity index is 2.21. The van der Waals surface area contributed by atoms with Crippen LogP contribution < -0.4 is 19.5 Å². The Bertz CT molecular complexity index is 763. The first-order valence-electron chi connectivity index (χ1n) is 8.54. The normalized spacial score (nSPS) is 11.6. The van der Waals surface area contributed by atoms with E-state index in [1.54, 1.807) is 18.2 Å². The smallest absolute Gasteiger partial charge is 0.255 e. The first kappa shape index (κ1) is 19.9. The van der Waals surface area contributed by atoms with Crippen molar-refractivity contribution in [3.63, 3.8) is 0 Å². The van der Waals surface area contributed by atoms with E-state index in [1.807, 2.05) is 39.0 Å². The number of halogens is 1. The van der Waals surface area contributed by atoms with Crippen LogP contribution in [0.1, 0.15) is 42.7 Å². The number of carbonyl (C=O) groups is 1. The third kappa shape index (κ3) is 4.82. The Kier molecular flexibility index (Phi) is 7.16. The van der Waals surface area contributed by atoms with E-state index in [0.717, 1.165) is 5.56 Å². The zero-order chi connectivity index (χ0) is 19.1. The highest BCUT2D eigenvalue weighted by Crippen LogP contribution is 2.31. The average molecular weight is 378 g/mol. The molecule has 0 aromatic heterocycles. The molecule has 5 nitrogen and oxygen atoms in total. The highest BCUT2D eigenvalue weighted by molar-refractivity contribution is 6.31. The Morgan fingerprint density at radius 2 is 1.69 bits per heavy atom. The van der Waals surface area contributed by atoms with Gasteiger partial charge in [-0.15, -0.1) is 0 Å². The molecule has 0 radical (unpaired) electrons. The molecule has 0 aliphatic rings. The van der Waals surface area contributed by atoms with E-state index in [1.165, 1.54) is 7.11 Å². The number of carbonyl (C=O) groups excluding carboxylic acids is 1. The van der Waals surface area contributed by atoms with Crippen LogP contribution in [0.2, 0.25) is 5.02 Å². The third-order valence-electron chi connectivity index (χ3n) is 3.82. The Labute approximate surface area is 159 Å². The number of amides is 1. The van der Waals surface area contributed by atoms with Crippen LogP contribution in [0.15, 0.2) is 36.4 Å². The van der Waals surface area contributed by atoms with Crippen molar-refractivity contribution in [1.29, 1.82) is 0 Å². The molecule has 0 aliphatic heterocycles. The van der Waals surface area contributed by atoms with Crippen LogP contribution in [0.3, 0.4) is 0 Å². The Morgan fingerprint density at radius 3 is 2.35 bits per heavy atom. The maximum absolute atomic E-state index is 12.6. The van der Waals surface area contributed by atoms with Gasteiger partial charge in [0.05, 0.1) is 31.9 Å². The summed E-state index contributed by atoms with van der Waals surface area (Å²) in [5, 5.41) is 3.44. The van der Waals surface area contributed by atoms with Crippen LogP contribution in [-0.4, -0.2) is 26.2 Å². The molecule has 0 fully saturated rings. The number of rotatable bonds is 8. The van der Waals surface area contributed by atoms with Crippen molar-refractivity contribution in [3.05, 3.63) is 52.5 Å². The van der Waals surface area contributed by atoms with Gasteiger partial charge in [-0.25, -0.2) is 0 Å². The number of methoxy groups -OCH3 is 1. The summed E-state index contributed by atoms with van der Waals surface area (Å²) < 4.78 is 16.5. The fraction of sp³-hybridized carbons (Fsp3) is 0.350. The molecular weight excluding hydrogens is 354 g/mol. The van der Waals surface area contributed by atoms with Crippen molar-refractivity contribution in [2.45, 2.75) is 26.8 Å². The van der Waals surface area contributed by atoms with Gasteiger partial charge in [-0.1, -0.05) is 17.7 Å². The van der Waals surface area contributed by atoms with Crippen LogP contribution in [-0.2, 0) is 0 Å². The molecule has 1 atom stereocenters. The molecule has 26 heavy (non-hydrogen) atoms. The van der Waals surface area contributed by atoms with Gasteiger partial charge >= 0.3 is 0 Å². The predicted octanol–water partition coefficient (Wildman–Crippen LogP) is 4.64. The summed E-state index contributed by atoms with van der Waals surface area (Å²) in [5.74, 6) is 1.56. The predicted molar refractivity (Wildman–Crippen MR) is 103 cm³/mol. The lowest BCUT2D eigenvalue weighted by Gasteiger charge is -2.18. The second kappa shape index (κ2) is 9.34. The number of hydrogen-bond acceptors (Lipinski definition) is 4. The summed E-state index contributed by atoms with van der Waals surface area (Å²) in [6.45, 7) is 6.83. The van der Waals surface area contributed by atoms with Crippen LogP contribution in [0, 0.1) is 0 Å². The van der Waals surface area contributed by atoms with Crippen molar-refractivity contribution >= 4 is 17.5 Å². The minimum absolute atomic E-state index is 0.235. The molecule has 1 amide bonds. The molecule has 140 valence electrons. The van der Waals surface area contributed by atoms with Crippen molar-refractivity contribution in [2.75, 3.05) is 20.3 Å². The fourth-order valence-corrected chi connectivity index (χ4v) is 2.72. The molecule has 2 aromatic rings. The molecule has 0 heterocycles. The second-order valence-corrected chi connectivity index (χ2v) is 6.05. The van der Waals surface area contributed by atoms with Gasteiger partial charge in [-0.05, 0) is 56.7 Å². The van der Waals surface area contributed by atoms with E-state index in [4.69, 9.17) is 25.8 Å². The minimum atomic E-state index is -0.260. The van der Waals surface area contributed by atoms with E-state index < -0.39 is 0 Å². The molecule has 1 N–H and O–H groups in total. The SMILES string of the molecule is CCOc1ccc([C@@H](C)NC(=O)c2cc(Cl)ccc2OC)cc1OCC. The molecule has 0 bridgehead atoms. The summed E-state index contributed by atoms with van der Waals surface area (Å²) in [5.41, 5.74) is 1.30. The van der Waals surface area contributed by atoms with Crippen LogP contribution in [0.25, 0.3) is 0 Å². The van der Waals surface area contributed by atoms with Crippen LogP contribution >= 0.6 is 11.6 Å². The molecule has 0 saturated carbocycles. The lowest BCUT2D eigenvalue weighted by molar-refractivity contribution is 0.0936. The summed E-state index contributed by atoms with van der Waals surface area (Å²) in [4.78, 5) is 12.6. The van der Waals surface area contributed by atoms with Gasteiger partial charge in [-0.2, -0.15) is 0 Å². The quantitative estimate of drug-likeness (QED) is 0.728. The highest BCUT2D eigenvalue weighted by atomic mass is 35.5. The molecule has 0 spiro atoms. The van der Waals surface area contributed by atoms with E-state index in [9.17, 15) is 4.79 Å². The maximum atomic E-state index is 12.6. The largest absolute Gasteiger partial charge is 0.496 e. The van der Waals surface area contributed by atoms with Crippen molar-refractivity contribution in [3.8, 4) is 17.2 Å². The second-order valence-electron chi connectivity index (χ2n) is 5.61. The summed E-state index contributed by atoms with van der Waals surface area (Å²) in [7, 11) is 1.52. The van der Waals surface area contributed by atoms with Crippen LogP contribution in [0.5, 0.6) is 17.2 Å². The standard InChI is InChI=1S/C20H24ClNO4/c1-5-25-18-9-7-14(11-19(18)26-6-2)13(3)22-20(23)16-12-15(21)8-10-17(16)24-4/h7-13H,5-6H2,1-4H3,(H,22,23)/t13-/m1/s1. The summed E-state index contributed by atoms with van der Waals surface area (Å²) in [6, 6.07) is 10.4. The van der Waals surface area contributed by atoms with Gasteiger partial charge in [-0.3, -0.25) is 4.79 Å². The summed E-state index contributed by atoms with van der Waals surface area (Å²) >= 11 is 6.01. The van der Waals surface area contributed by atoms with Crippen LogP contribution in [0.4, 0.5) is 0 Å². The van der Waals surface area contributed by atoms with Gasteiger partial charge in [0.2, 0.25) is 0 Å². The highest BCUT2D eigenvalue weighted by Gasteiger charge is 2.17. The number of benzene rings is 2. The monoisotopic (exact) mass is 377 g/mol. The van der Waals surface area contributed by atoms with E-state index >= 15 is 0 Å². The molecule has 2 rings (SSSR count). The number of ether oxygens (including phenoxy) is 3. The number of hydrogen-bond donors (Lipinski definition) is 1. The van der Waals surface area contributed by atoms with E-state index in [0.29, 0.717) is 41.0 Å². The van der Waals surface area contributed by atoms with Gasteiger partial charge < -0.3 is 19.5 Å². The lowest BCUT2D eigenvalue weighted by atomic mass is 10.1. The lowest BCUT2D eigenvalue weighted by Crippen LogP contribution is -2.27. The fourth-order valence-electron chi connectivity index (χ4n) is 2.55. The van der Waals surface area contributed by atoms with E-state index in [2.05, 4.69) is 5.32 Å². The van der Waals surface area contributed by atoms with Gasteiger partial charge in [0.15, 0.2) is 11.5 Å². The van der Waals surface area contributed by atoms with Gasteiger partial charge in [0.1, 0.15) is 5.75 Å². The first-order valence-corrected chi connectivity index (χ1v) is 8.91. The minimum Gasteiger partial charge on any atom is -0.496 e. The third-order valence-corrected chi connectivity index (χ3v) is 4.06. The molecule has 6 heteroatoms. The Morgan fingerprint density at radius 1 is 1.04 bits per heavy atom. The topological polar surface area (TPSA) is 56.8 Å².